The standard InChI is InChI=1S/C14H14O3/c1-10-5-3-6-11(2)14(10)17-9-12(15)13-7-4-8-16-13/h3-8H,9H2,1-2H3. The number of aryl methyl sites for hydroxylation is 2. The van der Waals surface area contributed by atoms with Crippen molar-refractivity contribution in [1.29, 1.82) is 0 Å². The third kappa shape index (κ3) is 2.56. The number of para-hydroxylation sites is 1. The van der Waals surface area contributed by atoms with Gasteiger partial charge in [0.25, 0.3) is 0 Å². The molecule has 0 radical (unpaired) electrons. The second-order valence-corrected chi connectivity index (χ2v) is 3.91. The molecule has 3 heteroatoms. The lowest BCUT2D eigenvalue weighted by Crippen LogP contribution is -2.11. The van der Waals surface area contributed by atoms with Crippen LogP contribution in [0.5, 0.6) is 5.75 Å². The molecule has 0 unspecified atom stereocenters. The molecule has 0 atom stereocenters. The summed E-state index contributed by atoms with van der Waals surface area (Å²) in [6.45, 7) is 3.92. The molecule has 1 aromatic carbocycles. The predicted molar refractivity (Wildman–Crippen MR) is 64.4 cm³/mol. The van der Waals surface area contributed by atoms with Crippen LogP contribution in [0.1, 0.15) is 21.7 Å². The van der Waals surface area contributed by atoms with Crippen LogP contribution in [0, 0.1) is 13.8 Å². The highest BCUT2D eigenvalue weighted by molar-refractivity contribution is 5.94. The lowest BCUT2D eigenvalue weighted by atomic mass is 10.1. The third-order valence-corrected chi connectivity index (χ3v) is 2.55. The molecule has 3 nitrogen and oxygen atoms in total. The molecule has 0 aliphatic heterocycles. The van der Waals surface area contributed by atoms with E-state index in [9.17, 15) is 4.79 Å². The fraction of sp³-hybridized carbons (Fsp3) is 0.214. The Labute approximate surface area is 100 Å². The van der Waals surface area contributed by atoms with Gasteiger partial charge in [-0.05, 0) is 37.1 Å². The van der Waals surface area contributed by atoms with Crippen molar-refractivity contribution in [1.82, 2.24) is 0 Å². The van der Waals surface area contributed by atoms with Gasteiger partial charge >= 0.3 is 0 Å². The molecule has 1 aromatic heterocycles. The minimum Gasteiger partial charge on any atom is -0.485 e. The first-order valence-corrected chi connectivity index (χ1v) is 5.44. The maximum Gasteiger partial charge on any atom is 0.235 e. The van der Waals surface area contributed by atoms with E-state index >= 15 is 0 Å². The summed E-state index contributed by atoms with van der Waals surface area (Å²) in [4.78, 5) is 11.7. The molecule has 0 aliphatic carbocycles. The van der Waals surface area contributed by atoms with Gasteiger partial charge in [-0.25, -0.2) is 0 Å². The number of hydrogen-bond donors (Lipinski definition) is 0. The predicted octanol–water partition coefficient (Wildman–Crippen LogP) is 3.16. The second kappa shape index (κ2) is 4.87. The summed E-state index contributed by atoms with van der Waals surface area (Å²) >= 11 is 0. The van der Waals surface area contributed by atoms with Crippen LogP contribution in [0.25, 0.3) is 0 Å². The summed E-state index contributed by atoms with van der Waals surface area (Å²) in [5.74, 6) is 0.946. The molecule has 2 rings (SSSR count). The molecule has 0 fully saturated rings. The number of carbonyl (C=O) groups excluding carboxylic acids is 1. The van der Waals surface area contributed by atoms with E-state index < -0.39 is 0 Å². The second-order valence-electron chi connectivity index (χ2n) is 3.91. The van der Waals surface area contributed by atoms with Crippen molar-refractivity contribution >= 4 is 5.78 Å². The van der Waals surface area contributed by atoms with Gasteiger partial charge in [-0.15, -0.1) is 0 Å². The molecule has 0 spiro atoms. The Hall–Kier alpha value is -2.03. The smallest absolute Gasteiger partial charge is 0.235 e. The van der Waals surface area contributed by atoms with Crippen LogP contribution in [0.3, 0.4) is 0 Å². The molecular formula is C14H14O3. The van der Waals surface area contributed by atoms with E-state index in [1.165, 1.54) is 6.26 Å². The van der Waals surface area contributed by atoms with E-state index in [0.29, 0.717) is 5.76 Å². The SMILES string of the molecule is Cc1cccc(C)c1OCC(=O)c1ccco1. The lowest BCUT2D eigenvalue weighted by molar-refractivity contribution is 0.0893. The van der Waals surface area contributed by atoms with Crippen molar-refractivity contribution in [3.63, 3.8) is 0 Å². The normalized spacial score (nSPS) is 10.2. The van der Waals surface area contributed by atoms with Gasteiger partial charge in [0.2, 0.25) is 5.78 Å². The van der Waals surface area contributed by atoms with Gasteiger partial charge in [0.05, 0.1) is 6.26 Å². The lowest BCUT2D eigenvalue weighted by Gasteiger charge is -2.10. The summed E-state index contributed by atoms with van der Waals surface area (Å²) < 4.78 is 10.6. The van der Waals surface area contributed by atoms with E-state index in [1.54, 1.807) is 12.1 Å². The first-order valence-electron chi connectivity index (χ1n) is 5.44. The van der Waals surface area contributed by atoms with Crippen molar-refractivity contribution in [3.8, 4) is 5.75 Å². The molecule has 0 saturated heterocycles. The molecule has 1 heterocycles. The van der Waals surface area contributed by atoms with Gasteiger partial charge in [0.15, 0.2) is 12.4 Å². The number of ether oxygens (including phenoxy) is 1. The van der Waals surface area contributed by atoms with Crippen molar-refractivity contribution in [2.75, 3.05) is 6.61 Å². The molecule has 0 N–H and O–H groups in total. The van der Waals surface area contributed by atoms with Gasteiger partial charge in [-0.1, -0.05) is 18.2 Å². The van der Waals surface area contributed by atoms with Crippen LogP contribution < -0.4 is 4.74 Å². The fourth-order valence-corrected chi connectivity index (χ4v) is 1.67. The number of carbonyl (C=O) groups is 1. The van der Waals surface area contributed by atoms with Crippen molar-refractivity contribution in [2.24, 2.45) is 0 Å². The number of benzene rings is 1. The van der Waals surface area contributed by atoms with E-state index in [4.69, 9.17) is 9.15 Å². The maximum atomic E-state index is 11.7. The minimum atomic E-state index is -0.155. The Kier molecular flexibility index (Phi) is 3.28. The quantitative estimate of drug-likeness (QED) is 0.757. The average molecular weight is 230 g/mol. The summed E-state index contributed by atoms with van der Waals surface area (Å²) in [5, 5.41) is 0. The van der Waals surface area contributed by atoms with Crippen molar-refractivity contribution in [3.05, 3.63) is 53.5 Å². The molecule has 0 saturated carbocycles. The molecule has 0 bridgehead atoms. The Morgan fingerprint density at radius 1 is 1.18 bits per heavy atom. The molecular weight excluding hydrogens is 216 g/mol. The zero-order valence-corrected chi connectivity index (χ0v) is 9.90. The van der Waals surface area contributed by atoms with E-state index in [1.807, 2.05) is 32.0 Å². The Bertz CT molecular complexity index is 492. The number of furan rings is 1. The van der Waals surface area contributed by atoms with Gasteiger partial charge in [-0.2, -0.15) is 0 Å². The summed E-state index contributed by atoms with van der Waals surface area (Å²) in [5.41, 5.74) is 2.05. The average Bonchev–Trinajstić information content (AvgIpc) is 2.81. The van der Waals surface area contributed by atoms with Gasteiger partial charge < -0.3 is 9.15 Å². The molecule has 0 amide bonds. The summed E-state index contributed by atoms with van der Waals surface area (Å²) in [6.07, 6.45) is 1.48. The first kappa shape index (κ1) is 11.5. The Morgan fingerprint density at radius 2 is 1.88 bits per heavy atom. The fourth-order valence-electron chi connectivity index (χ4n) is 1.67. The van der Waals surface area contributed by atoms with Crippen LogP contribution in [0.4, 0.5) is 0 Å². The first-order chi connectivity index (χ1) is 8.18. The minimum absolute atomic E-state index is 0.000787. The largest absolute Gasteiger partial charge is 0.485 e. The zero-order chi connectivity index (χ0) is 12.3. The highest BCUT2D eigenvalue weighted by Crippen LogP contribution is 2.22. The van der Waals surface area contributed by atoms with Gasteiger partial charge in [0.1, 0.15) is 5.75 Å². The van der Waals surface area contributed by atoms with E-state index in [0.717, 1.165) is 16.9 Å². The maximum absolute atomic E-state index is 11.7. The molecule has 88 valence electrons. The monoisotopic (exact) mass is 230 g/mol. The molecule has 2 aromatic rings. The highest BCUT2D eigenvalue weighted by atomic mass is 16.5. The molecule has 17 heavy (non-hydrogen) atoms. The van der Waals surface area contributed by atoms with Crippen LogP contribution in [-0.2, 0) is 0 Å². The molecule has 0 aliphatic rings. The van der Waals surface area contributed by atoms with Crippen LogP contribution in [0.2, 0.25) is 0 Å². The number of rotatable bonds is 4. The Balaban J connectivity index is 2.06. The van der Waals surface area contributed by atoms with Crippen molar-refractivity contribution in [2.45, 2.75) is 13.8 Å². The summed E-state index contributed by atoms with van der Waals surface area (Å²) in [6, 6.07) is 9.20. The topological polar surface area (TPSA) is 39.4 Å². The third-order valence-electron chi connectivity index (χ3n) is 2.55. The van der Waals surface area contributed by atoms with E-state index in [-0.39, 0.29) is 12.4 Å². The van der Waals surface area contributed by atoms with E-state index in [2.05, 4.69) is 0 Å². The number of hydrogen-bond acceptors (Lipinski definition) is 3. The Morgan fingerprint density at radius 3 is 2.47 bits per heavy atom. The summed E-state index contributed by atoms with van der Waals surface area (Å²) in [7, 11) is 0. The van der Waals surface area contributed by atoms with Gasteiger partial charge in [-0.3, -0.25) is 4.79 Å². The zero-order valence-electron chi connectivity index (χ0n) is 9.90. The van der Waals surface area contributed by atoms with Crippen LogP contribution in [-0.4, -0.2) is 12.4 Å². The number of ketones is 1. The van der Waals surface area contributed by atoms with Crippen LogP contribution in [0.15, 0.2) is 41.0 Å². The van der Waals surface area contributed by atoms with Gasteiger partial charge in [0, 0.05) is 0 Å². The number of Topliss-reactive ketones (excluding diaryl/α,β-unsaturated/α-hetero) is 1. The highest BCUT2D eigenvalue weighted by Gasteiger charge is 2.11. The van der Waals surface area contributed by atoms with Crippen LogP contribution >= 0.6 is 0 Å². The van der Waals surface area contributed by atoms with Crippen molar-refractivity contribution < 1.29 is 13.9 Å².